The van der Waals surface area contributed by atoms with Crippen molar-refractivity contribution in [2.75, 3.05) is 11.9 Å². The van der Waals surface area contributed by atoms with Gasteiger partial charge in [-0.15, -0.1) is 0 Å². The topological polar surface area (TPSA) is 53.5 Å². The quantitative estimate of drug-likeness (QED) is 0.838. The Bertz CT molecular complexity index is 621. The number of alkyl halides is 3. The van der Waals surface area contributed by atoms with Crippen LogP contribution in [-0.4, -0.2) is 18.2 Å². The van der Waals surface area contributed by atoms with Crippen LogP contribution in [0.1, 0.15) is 25.3 Å². The molecule has 1 aromatic carbocycles. The number of hydrogen-bond acceptors (Lipinski definition) is 3. The van der Waals surface area contributed by atoms with Crippen molar-refractivity contribution in [3.63, 3.8) is 0 Å². The van der Waals surface area contributed by atoms with E-state index in [1.54, 1.807) is 0 Å². The fourth-order valence-electron chi connectivity index (χ4n) is 2.00. The summed E-state index contributed by atoms with van der Waals surface area (Å²) < 4.78 is 37.7. The molecular formula is C15H16F3N3O. The average molecular weight is 311 g/mol. The smallest absolute Gasteiger partial charge is 0.376 e. The number of benzene rings is 1. The maximum atomic E-state index is 12.6. The molecule has 0 atom stereocenters. The van der Waals surface area contributed by atoms with E-state index in [1.807, 2.05) is 13.0 Å². The Morgan fingerprint density at radius 3 is 2.73 bits per heavy atom. The van der Waals surface area contributed by atoms with E-state index in [1.165, 1.54) is 17.7 Å². The van der Waals surface area contributed by atoms with Gasteiger partial charge in [-0.1, -0.05) is 11.6 Å². The first kappa shape index (κ1) is 16.1. The zero-order chi connectivity index (χ0) is 16.2. The van der Waals surface area contributed by atoms with Crippen LogP contribution in [-0.2, 0) is 11.0 Å². The number of nitrogens with one attached hydrogen (secondary N) is 2. The zero-order valence-corrected chi connectivity index (χ0v) is 12.0. The van der Waals surface area contributed by atoms with Gasteiger partial charge < -0.3 is 5.32 Å². The molecule has 4 nitrogen and oxygen atoms in total. The van der Waals surface area contributed by atoms with Crippen LogP contribution in [0, 0.1) is 0 Å². The van der Waals surface area contributed by atoms with Crippen molar-refractivity contribution in [3.8, 4) is 0 Å². The highest BCUT2D eigenvalue weighted by atomic mass is 19.4. The normalized spacial score (nSPS) is 16.5. The fraction of sp³-hybridized carbons (Fsp3) is 0.333. The van der Waals surface area contributed by atoms with Crippen molar-refractivity contribution >= 4 is 17.3 Å². The van der Waals surface area contributed by atoms with Crippen LogP contribution in [0.15, 0.2) is 41.0 Å². The van der Waals surface area contributed by atoms with Gasteiger partial charge in [-0.3, -0.25) is 4.79 Å². The summed E-state index contributed by atoms with van der Waals surface area (Å²) in [6, 6.07) is 4.70. The van der Waals surface area contributed by atoms with Gasteiger partial charge in [0.15, 0.2) is 0 Å². The molecule has 1 amide bonds. The molecule has 2 rings (SSSR count). The molecule has 0 aromatic heterocycles. The van der Waals surface area contributed by atoms with E-state index in [4.69, 9.17) is 0 Å². The number of allylic oxidation sites excluding steroid dienone is 2. The Labute approximate surface area is 126 Å². The number of nitrogens with zero attached hydrogens (tertiary/aromatic N) is 1. The summed E-state index contributed by atoms with van der Waals surface area (Å²) in [6.45, 7) is 1.83. The van der Waals surface area contributed by atoms with E-state index < -0.39 is 17.6 Å². The van der Waals surface area contributed by atoms with Crippen LogP contribution in [0.3, 0.4) is 0 Å². The molecule has 0 aliphatic heterocycles. The molecule has 0 radical (unpaired) electrons. The molecule has 2 N–H and O–H groups in total. The summed E-state index contributed by atoms with van der Waals surface area (Å²) in [5.41, 5.74) is 3.85. The molecule has 0 saturated carbocycles. The summed E-state index contributed by atoms with van der Waals surface area (Å²) in [7, 11) is 0. The predicted molar refractivity (Wildman–Crippen MR) is 78.5 cm³/mol. The molecule has 0 heterocycles. The van der Waals surface area contributed by atoms with Gasteiger partial charge in [0.05, 0.1) is 17.8 Å². The molecule has 0 unspecified atom stereocenters. The Morgan fingerprint density at radius 2 is 2.09 bits per heavy atom. The maximum Gasteiger partial charge on any atom is 0.416 e. The summed E-state index contributed by atoms with van der Waals surface area (Å²) >= 11 is 0. The highest BCUT2D eigenvalue weighted by Gasteiger charge is 2.30. The standard InChI is InChI=1S/C15H16F3N3O/c1-10-5-6-13(7-10)20-21-14(22)9-19-12-4-2-3-11(8-12)15(16,17)18/h2-4,7-8,19H,5-6,9H2,1H3,(H,21,22)/b20-13-. The lowest BCUT2D eigenvalue weighted by molar-refractivity contribution is -0.137. The maximum absolute atomic E-state index is 12.6. The van der Waals surface area contributed by atoms with Gasteiger partial charge in [-0.25, -0.2) is 5.43 Å². The summed E-state index contributed by atoms with van der Waals surface area (Å²) in [5.74, 6) is -0.414. The number of rotatable bonds is 4. The number of halogens is 3. The molecule has 0 saturated heterocycles. The van der Waals surface area contributed by atoms with E-state index in [0.29, 0.717) is 0 Å². The minimum Gasteiger partial charge on any atom is -0.376 e. The van der Waals surface area contributed by atoms with Crippen LogP contribution in [0.4, 0.5) is 18.9 Å². The van der Waals surface area contributed by atoms with Crippen LogP contribution in [0.5, 0.6) is 0 Å². The second-order valence-electron chi connectivity index (χ2n) is 5.06. The number of carbonyl (C=O) groups excluding carboxylic acids is 1. The fourth-order valence-corrected chi connectivity index (χ4v) is 2.00. The second-order valence-corrected chi connectivity index (χ2v) is 5.06. The van der Waals surface area contributed by atoms with E-state index >= 15 is 0 Å². The van der Waals surface area contributed by atoms with Gasteiger partial charge in [0, 0.05) is 5.69 Å². The van der Waals surface area contributed by atoms with E-state index in [2.05, 4.69) is 15.8 Å². The number of hydrazone groups is 1. The van der Waals surface area contributed by atoms with Crippen molar-refractivity contribution < 1.29 is 18.0 Å². The molecule has 118 valence electrons. The van der Waals surface area contributed by atoms with Crippen molar-refractivity contribution in [3.05, 3.63) is 41.5 Å². The first-order valence-electron chi connectivity index (χ1n) is 6.78. The monoisotopic (exact) mass is 311 g/mol. The lowest BCUT2D eigenvalue weighted by atomic mass is 10.2. The molecule has 0 spiro atoms. The lowest BCUT2D eigenvalue weighted by Gasteiger charge is -2.10. The minimum absolute atomic E-state index is 0.152. The highest BCUT2D eigenvalue weighted by Crippen LogP contribution is 2.30. The third-order valence-electron chi connectivity index (χ3n) is 3.16. The Morgan fingerprint density at radius 1 is 1.32 bits per heavy atom. The first-order valence-corrected chi connectivity index (χ1v) is 6.78. The van der Waals surface area contributed by atoms with Gasteiger partial charge in [0.2, 0.25) is 0 Å². The van der Waals surface area contributed by atoms with Crippen LogP contribution in [0.2, 0.25) is 0 Å². The van der Waals surface area contributed by atoms with Crippen LogP contribution in [0.25, 0.3) is 0 Å². The van der Waals surface area contributed by atoms with Crippen LogP contribution < -0.4 is 10.7 Å². The first-order chi connectivity index (χ1) is 10.3. The number of hydrogen-bond donors (Lipinski definition) is 2. The van der Waals surface area contributed by atoms with Gasteiger partial charge in [0.25, 0.3) is 5.91 Å². The molecule has 22 heavy (non-hydrogen) atoms. The Kier molecular flexibility index (Phi) is 4.85. The number of anilines is 1. The minimum atomic E-state index is -4.40. The lowest BCUT2D eigenvalue weighted by Crippen LogP contribution is -2.26. The van der Waals surface area contributed by atoms with Crippen LogP contribution >= 0.6 is 0 Å². The van der Waals surface area contributed by atoms with Gasteiger partial charge >= 0.3 is 6.18 Å². The third-order valence-corrected chi connectivity index (χ3v) is 3.16. The molecule has 0 fully saturated rings. The van der Waals surface area contributed by atoms with Gasteiger partial charge in [0.1, 0.15) is 0 Å². The number of carbonyl (C=O) groups is 1. The summed E-state index contributed by atoms with van der Waals surface area (Å²) in [6.07, 6.45) is -0.788. The Hall–Kier alpha value is -2.31. The third kappa shape index (κ3) is 4.61. The molecule has 1 aliphatic carbocycles. The van der Waals surface area contributed by atoms with Crippen molar-refractivity contribution in [1.29, 1.82) is 0 Å². The zero-order valence-electron chi connectivity index (χ0n) is 12.0. The van der Waals surface area contributed by atoms with Gasteiger partial charge in [-0.2, -0.15) is 18.3 Å². The molecule has 7 heteroatoms. The highest BCUT2D eigenvalue weighted by molar-refractivity contribution is 5.98. The van der Waals surface area contributed by atoms with Crippen molar-refractivity contribution in [1.82, 2.24) is 5.43 Å². The Balaban J connectivity index is 1.86. The van der Waals surface area contributed by atoms with E-state index in [0.717, 1.165) is 30.7 Å². The SMILES string of the molecule is CC1=C/C(=N\NC(=O)CNc2cccc(C(F)(F)F)c2)CC1. The van der Waals surface area contributed by atoms with E-state index in [-0.39, 0.29) is 12.2 Å². The van der Waals surface area contributed by atoms with Crippen molar-refractivity contribution in [2.24, 2.45) is 5.10 Å². The molecule has 1 aromatic rings. The predicted octanol–water partition coefficient (Wildman–Crippen LogP) is 3.33. The summed E-state index contributed by atoms with van der Waals surface area (Å²) in [4.78, 5) is 11.6. The van der Waals surface area contributed by atoms with E-state index in [9.17, 15) is 18.0 Å². The second kappa shape index (κ2) is 6.64. The molecular weight excluding hydrogens is 295 g/mol. The average Bonchev–Trinajstić information content (AvgIpc) is 2.88. The van der Waals surface area contributed by atoms with Crippen molar-refractivity contribution in [2.45, 2.75) is 25.9 Å². The van der Waals surface area contributed by atoms with Gasteiger partial charge in [-0.05, 0) is 44.0 Å². The molecule has 0 bridgehead atoms. The largest absolute Gasteiger partial charge is 0.416 e. The summed E-state index contributed by atoms with van der Waals surface area (Å²) in [5, 5.41) is 6.61. The molecule has 1 aliphatic rings. The number of amides is 1.